The van der Waals surface area contributed by atoms with E-state index in [9.17, 15) is 4.79 Å². The summed E-state index contributed by atoms with van der Waals surface area (Å²) in [4.78, 5) is 10.9. The molecule has 1 aromatic rings. The highest BCUT2D eigenvalue weighted by molar-refractivity contribution is 5.68. The van der Waals surface area contributed by atoms with Crippen LogP contribution in [-0.2, 0) is 16.0 Å². The van der Waals surface area contributed by atoms with E-state index in [1.807, 2.05) is 6.07 Å². The van der Waals surface area contributed by atoms with Gasteiger partial charge in [0.2, 0.25) is 0 Å². The lowest BCUT2D eigenvalue weighted by Crippen LogP contribution is -2.07. The number of nitrogen functional groups attached to an aromatic ring is 2. The van der Waals surface area contributed by atoms with Crippen molar-refractivity contribution in [1.82, 2.24) is 0 Å². The van der Waals surface area contributed by atoms with Gasteiger partial charge in [0.1, 0.15) is 0 Å². The van der Waals surface area contributed by atoms with Crippen LogP contribution in [0.4, 0.5) is 11.4 Å². The fraction of sp³-hybridized carbons (Fsp3) is 0.364. The maximum atomic E-state index is 10.9. The average molecular weight is 208 g/mol. The molecule has 0 bridgehead atoms. The van der Waals surface area contributed by atoms with Gasteiger partial charge in [-0.05, 0) is 17.7 Å². The van der Waals surface area contributed by atoms with E-state index in [2.05, 4.69) is 0 Å². The largest absolute Gasteiger partial charge is 0.465 e. The molecule has 1 rings (SSSR count). The lowest BCUT2D eigenvalue weighted by atomic mass is 10.1. The molecule has 0 saturated carbocycles. The lowest BCUT2D eigenvalue weighted by molar-refractivity contribution is -0.143. The number of carbonyl (C=O) groups excluding carboxylic acids is 1. The van der Waals surface area contributed by atoms with Crippen molar-refractivity contribution in [1.29, 1.82) is 0 Å². The second-order valence-corrected chi connectivity index (χ2v) is 3.28. The summed E-state index contributed by atoms with van der Waals surface area (Å²) in [5, 5.41) is 0. The third-order valence-corrected chi connectivity index (χ3v) is 2.09. The molecule has 4 heteroatoms. The number of ether oxygens (including phenoxy) is 1. The Morgan fingerprint density at radius 1 is 1.40 bits per heavy atom. The van der Waals surface area contributed by atoms with Crippen molar-refractivity contribution in [3.8, 4) is 0 Å². The Morgan fingerprint density at radius 2 is 2.13 bits per heavy atom. The highest BCUT2D eigenvalue weighted by atomic mass is 16.5. The van der Waals surface area contributed by atoms with Crippen molar-refractivity contribution in [2.45, 2.75) is 19.8 Å². The van der Waals surface area contributed by atoms with Gasteiger partial charge in [0.25, 0.3) is 0 Å². The first-order chi connectivity index (χ1) is 7.13. The number of carbonyl (C=O) groups is 1. The summed E-state index contributed by atoms with van der Waals surface area (Å²) in [7, 11) is 0. The third-order valence-electron chi connectivity index (χ3n) is 2.09. The Morgan fingerprint density at radius 3 is 2.73 bits per heavy atom. The van der Waals surface area contributed by atoms with Crippen LogP contribution in [0.1, 0.15) is 18.9 Å². The molecule has 0 aliphatic carbocycles. The van der Waals surface area contributed by atoms with Gasteiger partial charge in [-0.2, -0.15) is 0 Å². The zero-order chi connectivity index (χ0) is 11.3. The minimum Gasteiger partial charge on any atom is -0.465 e. The Kier molecular flexibility index (Phi) is 3.97. The third kappa shape index (κ3) is 3.50. The van der Waals surface area contributed by atoms with E-state index in [1.54, 1.807) is 19.1 Å². The molecule has 15 heavy (non-hydrogen) atoms. The van der Waals surface area contributed by atoms with Crippen LogP contribution in [-0.4, -0.2) is 12.6 Å². The smallest absolute Gasteiger partial charge is 0.305 e. The van der Waals surface area contributed by atoms with E-state index in [-0.39, 0.29) is 5.97 Å². The summed E-state index contributed by atoms with van der Waals surface area (Å²) in [6, 6.07) is 5.34. The molecule has 0 fully saturated rings. The molecule has 0 radical (unpaired) electrons. The minimum atomic E-state index is -0.191. The molecule has 0 unspecified atom stereocenters. The van der Waals surface area contributed by atoms with E-state index in [1.165, 1.54) is 0 Å². The molecule has 0 atom stereocenters. The van der Waals surface area contributed by atoms with Crippen molar-refractivity contribution >= 4 is 17.3 Å². The molecule has 0 saturated heterocycles. The van der Waals surface area contributed by atoms with Crippen LogP contribution < -0.4 is 11.5 Å². The van der Waals surface area contributed by atoms with Crippen molar-refractivity contribution in [3.63, 3.8) is 0 Å². The first-order valence-corrected chi connectivity index (χ1v) is 4.93. The zero-order valence-corrected chi connectivity index (χ0v) is 8.82. The summed E-state index contributed by atoms with van der Waals surface area (Å²) in [6.07, 6.45) is 1.02. The topological polar surface area (TPSA) is 78.3 Å². The molecule has 0 aliphatic rings. The number of nitrogens with two attached hydrogens (primary N) is 2. The van der Waals surface area contributed by atoms with Gasteiger partial charge in [-0.3, -0.25) is 4.79 Å². The highest BCUT2D eigenvalue weighted by Gasteiger charge is 2.02. The second-order valence-electron chi connectivity index (χ2n) is 3.28. The van der Waals surface area contributed by atoms with Crippen LogP contribution >= 0.6 is 0 Å². The van der Waals surface area contributed by atoms with E-state index >= 15 is 0 Å². The van der Waals surface area contributed by atoms with Crippen LogP contribution in [0.15, 0.2) is 18.2 Å². The first kappa shape index (κ1) is 11.4. The Hall–Kier alpha value is -1.71. The predicted molar refractivity (Wildman–Crippen MR) is 60.2 cm³/mol. The van der Waals surface area contributed by atoms with Crippen LogP contribution in [0.5, 0.6) is 0 Å². The standard InChI is InChI=1S/C11H16N2O2/c1-2-11(14)15-6-5-8-3-4-9(12)7-10(8)13/h3-4,7H,2,5-6,12-13H2,1H3. The second kappa shape index (κ2) is 5.24. The molecule has 0 amide bonds. The molecule has 0 aromatic heterocycles. The fourth-order valence-corrected chi connectivity index (χ4v) is 1.22. The van der Waals surface area contributed by atoms with E-state index in [0.29, 0.717) is 30.8 Å². The van der Waals surface area contributed by atoms with Gasteiger partial charge in [0.15, 0.2) is 0 Å². The molecule has 82 valence electrons. The number of esters is 1. The van der Waals surface area contributed by atoms with Gasteiger partial charge in [-0.25, -0.2) is 0 Å². The predicted octanol–water partition coefficient (Wildman–Crippen LogP) is 1.35. The molecule has 4 nitrogen and oxygen atoms in total. The molecule has 0 heterocycles. The summed E-state index contributed by atoms with van der Waals surface area (Å²) in [6.45, 7) is 2.13. The number of hydrogen-bond donors (Lipinski definition) is 2. The van der Waals surface area contributed by atoms with Gasteiger partial charge in [0, 0.05) is 24.2 Å². The Labute approximate surface area is 89.2 Å². The van der Waals surface area contributed by atoms with Crippen molar-refractivity contribution < 1.29 is 9.53 Å². The number of hydrogen-bond acceptors (Lipinski definition) is 4. The molecular formula is C11H16N2O2. The van der Waals surface area contributed by atoms with Crippen LogP contribution in [0.3, 0.4) is 0 Å². The number of anilines is 2. The average Bonchev–Trinajstić information content (AvgIpc) is 2.21. The van der Waals surface area contributed by atoms with Gasteiger partial charge in [-0.1, -0.05) is 13.0 Å². The number of benzene rings is 1. The van der Waals surface area contributed by atoms with E-state index in [4.69, 9.17) is 16.2 Å². The summed E-state index contributed by atoms with van der Waals surface area (Å²) in [5.74, 6) is -0.191. The van der Waals surface area contributed by atoms with Crippen molar-refractivity contribution in [2.24, 2.45) is 0 Å². The molecule has 0 aliphatic heterocycles. The monoisotopic (exact) mass is 208 g/mol. The Balaban J connectivity index is 2.47. The van der Waals surface area contributed by atoms with Crippen LogP contribution in [0.2, 0.25) is 0 Å². The lowest BCUT2D eigenvalue weighted by Gasteiger charge is -2.07. The Bertz CT molecular complexity index is 350. The van der Waals surface area contributed by atoms with E-state index in [0.717, 1.165) is 5.56 Å². The maximum Gasteiger partial charge on any atom is 0.305 e. The van der Waals surface area contributed by atoms with Crippen LogP contribution in [0, 0.1) is 0 Å². The van der Waals surface area contributed by atoms with Crippen LogP contribution in [0.25, 0.3) is 0 Å². The summed E-state index contributed by atoms with van der Waals surface area (Å²) < 4.78 is 4.95. The molecule has 1 aromatic carbocycles. The molecular weight excluding hydrogens is 192 g/mol. The number of rotatable bonds is 4. The normalized spacial score (nSPS) is 9.93. The minimum absolute atomic E-state index is 0.191. The molecule has 0 spiro atoms. The highest BCUT2D eigenvalue weighted by Crippen LogP contribution is 2.16. The van der Waals surface area contributed by atoms with Gasteiger partial charge < -0.3 is 16.2 Å². The molecule has 4 N–H and O–H groups in total. The van der Waals surface area contributed by atoms with Crippen molar-refractivity contribution in [3.05, 3.63) is 23.8 Å². The van der Waals surface area contributed by atoms with Gasteiger partial charge in [-0.15, -0.1) is 0 Å². The first-order valence-electron chi connectivity index (χ1n) is 4.93. The fourth-order valence-electron chi connectivity index (χ4n) is 1.22. The van der Waals surface area contributed by atoms with E-state index < -0.39 is 0 Å². The zero-order valence-electron chi connectivity index (χ0n) is 8.82. The summed E-state index contributed by atoms with van der Waals surface area (Å²) >= 11 is 0. The maximum absolute atomic E-state index is 10.9. The summed E-state index contributed by atoms with van der Waals surface area (Å²) in [5.41, 5.74) is 13.5. The quantitative estimate of drug-likeness (QED) is 0.578. The SMILES string of the molecule is CCC(=O)OCCc1ccc(N)cc1N. The van der Waals surface area contributed by atoms with Gasteiger partial charge in [0.05, 0.1) is 6.61 Å². The van der Waals surface area contributed by atoms with Crippen molar-refractivity contribution in [2.75, 3.05) is 18.1 Å². The van der Waals surface area contributed by atoms with Gasteiger partial charge >= 0.3 is 5.97 Å².